The molecule has 1 fully saturated rings. The average Bonchev–Trinajstić information content (AvgIpc) is 2.78. The van der Waals surface area contributed by atoms with Gasteiger partial charge in [0.25, 0.3) is 0 Å². The molecule has 1 aromatic rings. The standard InChI is InChI=1S/C10H18N4O/c1-10(4-3-5-15-10)7-11-6-9-13-12-8-14(9)2/h8,11H,3-7H2,1-2H3. The minimum absolute atomic E-state index is 0.0125. The molecule has 1 atom stereocenters. The normalized spacial score (nSPS) is 26.0. The molecule has 15 heavy (non-hydrogen) atoms. The van der Waals surface area contributed by atoms with Crippen LogP contribution in [0.4, 0.5) is 0 Å². The monoisotopic (exact) mass is 210 g/mol. The summed E-state index contributed by atoms with van der Waals surface area (Å²) in [6.45, 7) is 4.67. The Morgan fingerprint density at radius 1 is 1.67 bits per heavy atom. The van der Waals surface area contributed by atoms with Crippen molar-refractivity contribution in [3.05, 3.63) is 12.2 Å². The van der Waals surface area contributed by atoms with Crippen LogP contribution in [0.15, 0.2) is 6.33 Å². The van der Waals surface area contributed by atoms with E-state index in [0.717, 1.165) is 31.9 Å². The van der Waals surface area contributed by atoms with E-state index in [9.17, 15) is 0 Å². The van der Waals surface area contributed by atoms with E-state index in [1.165, 1.54) is 6.42 Å². The first-order valence-electron chi connectivity index (χ1n) is 5.37. The molecule has 0 aliphatic carbocycles. The van der Waals surface area contributed by atoms with Gasteiger partial charge in [0.2, 0.25) is 0 Å². The number of aromatic nitrogens is 3. The number of nitrogens with one attached hydrogen (secondary N) is 1. The van der Waals surface area contributed by atoms with Crippen molar-refractivity contribution in [1.29, 1.82) is 0 Å². The van der Waals surface area contributed by atoms with E-state index in [4.69, 9.17) is 4.74 Å². The van der Waals surface area contributed by atoms with Crippen LogP contribution in [0.2, 0.25) is 0 Å². The lowest BCUT2D eigenvalue weighted by molar-refractivity contribution is 0.0205. The van der Waals surface area contributed by atoms with Crippen LogP contribution in [0, 0.1) is 0 Å². The fourth-order valence-corrected chi connectivity index (χ4v) is 1.88. The second-order valence-electron chi connectivity index (χ2n) is 4.36. The number of rotatable bonds is 4. The molecule has 0 saturated carbocycles. The second-order valence-corrected chi connectivity index (χ2v) is 4.36. The molecule has 1 unspecified atom stereocenters. The molecule has 1 aliphatic rings. The van der Waals surface area contributed by atoms with E-state index in [0.29, 0.717) is 0 Å². The summed E-state index contributed by atoms with van der Waals surface area (Å²) in [6.07, 6.45) is 4.02. The predicted octanol–water partition coefficient (Wildman–Crippen LogP) is 0.474. The van der Waals surface area contributed by atoms with E-state index < -0.39 is 0 Å². The zero-order chi connectivity index (χ0) is 10.7. The van der Waals surface area contributed by atoms with E-state index >= 15 is 0 Å². The molecule has 0 amide bonds. The molecule has 1 aromatic heterocycles. The van der Waals surface area contributed by atoms with Crippen molar-refractivity contribution in [3.8, 4) is 0 Å². The van der Waals surface area contributed by atoms with Crippen molar-refractivity contribution < 1.29 is 4.74 Å². The summed E-state index contributed by atoms with van der Waals surface area (Å²) in [7, 11) is 1.95. The topological polar surface area (TPSA) is 52.0 Å². The zero-order valence-electron chi connectivity index (χ0n) is 9.36. The van der Waals surface area contributed by atoms with Crippen molar-refractivity contribution in [2.75, 3.05) is 13.2 Å². The molecule has 84 valence electrons. The third-order valence-corrected chi connectivity index (χ3v) is 2.89. The maximum absolute atomic E-state index is 5.68. The SMILES string of the molecule is Cn1cnnc1CNCC1(C)CCCO1. The van der Waals surface area contributed by atoms with Gasteiger partial charge in [-0.3, -0.25) is 0 Å². The van der Waals surface area contributed by atoms with Crippen LogP contribution in [0.25, 0.3) is 0 Å². The Balaban J connectivity index is 1.77. The number of aryl methyl sites for hydroxylation is 1. The summed E-state index contributed by atoms with van der Waals surface area (Å²) in [5.74, 6) is 0.955. The Morgan fingerprint density at radius 2 is 2.53 bits per heavy atom. The van der Waals surface area contributed by atoms with Gasteiger partial charge in [-0.2, -0.15) is 0 Å². The second kappa shape index (κ2) is 4.28. The average molecular weight is 210 g/mol. The van der Waals surface area contributed by atoms with Crippen molar-refractivity contribution in [2.45, 2.75) is 31.9 Å². The molecule has 2 rings (SSSR count). The first kappa shape index (κ1) is 10.6. The molecule has 1 aliphatic heterocycles. The summed E-state index contributed by atoms with van der Waals surface area (Å²) in [5, 5.41) is 11.2. The zero-order valence-corrected chi connectivity index (χ0v) is 9.36. The highest BCUT2D eigenvalue weighted by Crippen LogP contribution is 2.23. The molecular formula is C10H18N4O. The summed E-state index contributed by atoms with van der Waals surface area (Å²) in [6, 6.07) is 0. The van der Waals surface area contributed by atoms with Crippen LogP contribution in [-0.2, 0) is 18.3 Å². The Morgan fingerprint density at radius 3 is 3.13 bits per heavy atom. The largest absolute Gasteiger partial charge is 0.374 e. The van der Waals surface area contributed by atoms with Gasteiger partial charge in [0.1, 0.15) is 12.2 Å². The van der Waals surface area contributed by atoms with Gasteiger partial charge in [-0.15, -0.1) is 10.2 Å². The molecular weight excluding hydrogens is 192 g/mol. The maximum atomic E-state index is 5.68. The van der Waals surface area contributed by atoms with Gasteiger partial charge >= 0.3 is 0 Å². The third kappa shape index (κ3) is 2.54. The fourth-order valence-electron chi connectivity index (χ4n) is 1.88. The quantitative estimate of drug-likeness (QED) is 0.785. The molecule has 5 heteroatoms. The van der Waals surface area contributed by atoms with Crippen LogP contribution in [0.3, 0.4) is 0 Å². The molecule has 0 radical (unpaired) electrons. The van der Waals surface area contributed by atoms with Gasteiger partial charge in [-0.25, -0.2) is 0 Å². The van der Waals surface area contributed by atoms with E-state index in [1.807, 2.05) is 11.6 Å². The summed E-state index contributed by atoms with van der Waals surface area (Å²) < 4.78 is 7.61. The highest BCUT2D eigenvalue weighted by atomic mass is 16.5. The summed E-state index contributed by atoms with van der Waals surface area (Å²) >= 11 is 0. The first-order valence-corrected chi connectivity index (χ1v) is 5.37. The number of hydrogen-bond acceptors (Lipinski definition) is 4. The molecule has 1 saturated heterocycles. The molecule has 2 heterocycles. The number of nitrogens with zero attached hydrogens (tertiary/aromatic N) is 3. The van der Waals surface area contributed by atoms with E-state index in [2.05, 4.69) is 22.4 Å². The minimum atomic E-state index is 0.0125. The Labute approximate surface area is 89.8 Å². The van der Waals surface area contributed by atoms with Gasteiger partial charge in [0.05, 0.1) is 12.1 Å². The Kier molecular flexibility index (Phi) is 3.02. The number of ether oxygens (including phenoxy) is 1. The molecule has 1 N–H and O–H groups in total. The van der Waals surface area contributed by atoms with Gasteiger partial charge in [-0.1, -0.05) is 0 Å². The van der Waals surface area contributed by atoms with Gasteiger partial charge < -0.3 is 14.6 Å². The first-order chi connectivity index (χ1) is 7.20. The molecule has 5 nitrogen and oxygen atoms in total. The highest BCUT2D eigenvalue weighted by molar-refractivity contribution is 4.87. The van der Waals surface area contributed by atoms with Crippen LogP contribution < -0.4 is 5.32 Å². The van der Waals surface area contributed by atoms with Crippen molar-refractivity contribution >= 4 is 0 Å². The predicted molar refractivity (Wildman–Crippen MR) is 56.3 cm³/mol. The highest BCUT2D eigenvalue weighted by Gasteiger charge is 2.29. The Hall–Kier alpha value is -0.940. The third-order valence-electron chi connectivity index (χ3n) is 2.89. The van der Waals surface area contributed by atoms with Crippen LogP contribution in [0.5, 0.6) is 0 Å². The van der Waals surface area contributed by atoms with Gasteiger partial charge in [-0.05, 0) is 19.8 Å². The maximum Gasteiger partial charge on any atom is 0.146 e. The van der Waals surface area contributed by atoms with Gasteiger partial charge in [0.15, 0.2) is 0 Å². The van der Waals surface area contributed by atoms with Crippen molar-refractivity contribution in [3.63, 3.8) is 0 Å². The smallest absolute Gasteiger partial charge is 0.146 e. The summed E-state index contributed by atoms with van der Waals surface area (Å²) in [5.41, 5.74) is 0.0125. The van der Waals surface area contributed by atoms with Crippen molar-refractivity contribution in [2.24, 2.45) is 7.05 Å². The Bertz CT molecular complexity index is 317. The fraction of sp³-hybridized carbons (Fsp3) is 0.800. The van der Waals surface area contributed by atoms with Crippen LogP contribution in [-0.4, -0.2) is 33.5 Å². The lowest BCUT2D eigenvalue weighted by Crippen LogP contribution is -2.37. The lowest BCUT2D eigenvalue weighted by atomic mass is 10.0. The van der Waals surface area contributed by atoms with Crippen molar-refractivity contribution in [1.82, 2.24) is 20.1 Å². The molecule has 0 spiro atoms. The van der Waals surface area contributed by atoms with Crippen LogP contribution in [0.1, 0.15) is 25.6 Å². The van der Waals surface area contributed by atoms with Gasteiger partial charge in [0, 0.05) is 20.2 Å². The summed E-state index contributed by atoms with van der Waals surface area (Å²) in [4.78, 5) is 0. The van der Waals surface area contributed by atoms with E-state index in [-0.39, 0.29) is 5.60 Å². The van der Waals surface area contributed by atoms with E-state index in [1.54, 1.807) is 6.33 Å². The molecule has 0 bridgehead atoms. The number of hydrogen-bond donors (Lipinski definition) is 1. The van der Waals surface area contributed by atoms with Crippen LogP contribution >= 0.6 is 0 Å². The minimum Gasteiger partial charge on any atom is -0.374 e. The molecule has 0 aromatic carbocycles. The lowest BCUT2D eigenvalue weighted by Gasteiger charge is -2.23.